The number of aromatic amines is 1. The van der Waals surface area contributed by atoms with E-state index in [1.807, 2.05) is 12.1 Å². The minimum atomic E-state index is -0.330. The molecule has 0 saturated carbocycles. The Morgan fingerprint density at radius 3 is 2.86 bits per heavy atom. The molecule has 1 N–H and O–H groups in total. The van der Waals surface area contributed by atoms with Crippen LogP contribution in [0.5, 0.6) is 5.88 Å². The van der Waals surface area contributed by atoms with Gasteiger partial charge in [0, 0.05) is 18.7 Å². The van der Waals surface area contributed by atoms with Gasteiger partial charge in [0.05, 0.1) is 11.9 Å². The number of aromatic nitrogens is 6. The number of nitrogens with zero attached hydrogens (tertiary/aromatic N) is 5. The maximum absolute atomic E-state index is 12.1. The van der Waals surface area contributed by atoms with Crippen LogP contribution in [-0.2, 0) is 13.7 Å². The number of rotatable bonds is 5. The lowest BCUT2D eigenvalue weighted by Gasteiger charge is -2.12. The van der Waals surface area contributed by atoms with Gasteiger partial charge in [-0.1, -0.05) is 24.8 Å². The molecule has 0 aliphatic carbocycles. The van der Waals surface area contributed by atoms with Gasteiger partial charge in [0.1, 0.15) is 6.61 Å². The first-order valence-electron chi connectivity index (χ1n) is 6.56. The third-order valence-corrected chi connectivity index (χ3v) is 3.20. The molecule has 8 heteroatoms. The first-order valence-corrected chi connectivity index (χ1v) is 6.56. The Labute approximate surface area is 125 Å². The van der Waals surface area contributed by atoms with Crippen molar-refractivity contribution >= 4 is 6.08 Å². The predicted molar refractivity (Wildman–Crippen MR) is 79.6 cm³/mol. The van der Waals surface area contributed by atoms with E-state index in [9.17, 15) is 4.79 Å². The van der Waals surface area contributed by atoms with E-state index in [2.05, 4.69) is 27.2 Å². The molecule has 1 aromatic carbocycles. The van der Waals surface area contributed by atoms with E-state index in [0.29, 0.717) is 11.6 Å². The number of aryl methyl sites for hydroxylation is 1. The van der Waals surface area contributed by atoms with Gasteiger partial charge < -0.3 is 4.74 Å². The van der Waals surface area contributed by atoms with Gasteiger partial charge in [-0.3, -0.25) is 0 Å². The van der Waals surface area contributed by atoms with Gasteiger partial charge in [-0.05, 0) is 22.1 Å². The molecule has 22 heavy (non-hydrogen) atoms. The van der Waals surface area contributed by atoms with E-state index < -0.39 is 0 Å². The zero-order valence-electron chi connectivity index (χ0n) is 11.9. The highest BCUT2D eigenvalue weighted by Crippen LogP contribution is 2.20. The molecule has 0 bridgehead atoms. The summed E-state index contributed by atoms with van der Waals surface area (Å²) < 4.78 is 8.05. The minimum absolute atomic E-state index is 0.239. The Balaban J connectivity index is 2.04. The summed E-state index contributed by atoms with van der Waals surface area (Å²) in [4.78, 5) is 12.1. The molecule has 0 atom stereocenters. The molecule has 0 saturated heterocycles. The molecule has 3 rings (SSSR count). The standard InChI is InChI=1S/C14H14N6O2/c1-3-10-5-4-6-12(20-14(21)19(2)17-18-20)11(10)9-22-13-7-8-15-16-13/h3-8H,1,9H2,2H3,(H,15,16). The highest BCUT2D eigenvalue weighted by atomic mass is 16.5. The number of hydrogen-bond donors (Lipinski definition) is 1. The van der Waals surface area contributed by atoms with Crippen molar-refractivity contribution in [2.45, 2.75) is 6.61 Å². The third-order valence-electron chi connectivity index (χ3n) is 3.20. The van der Waals surface area contributed by atoms with Crippen LogP contribution in [0.2, 0.25) is 0 Å². The number of hydrogen-bond acceptors (Lipinski definition) is 5. The largest absolute Gasteiger partial charge is 0.473 e. The maximum atomic E-state index is 12.1. The Morgan fingerprint density at radius 1 is 1.36 bits per heavy atom. The van der Waals surface area contributed by atoms with Gasteiger partial charge >= 0.3 is 5.69 Å². The highest BCUT2D eigenvalue weighted by Gasteiger charge is 2.14. The van der Waals surface area contributed by atoms with Crippen molar-refractivity contribution in [2.75, 3.05) is 0 Å². The second kappa shape index (κ2) is 5.68. The molecule has 8 nitrogen and oxygen atoms in total. The van der Waals surface area contributed by atoms with Crippen LogP contribution >= 0.6 is 0 Å². The molecule has 3 aromatic rings. The number of benzene rings is 1. The third kappa shape index (κ3) is 2.41. The second-order valence-electron chi connectivity index (χ2n) is 4.56. The molecule has 0 amide bonds. The van der Waals surface area contributed by atoms with E-state index in [1.54, 1.807) is 31.5 Å². The van der Waals surface area contributed by atoms with Gasteiger partial charge in [0.2, 0.25) is 5.88 Å². The summed E-state index contributed by atoms with van der Waals surface area (Å²) in [5, 5.41) is 14.2. The van der Waals surface area contributed by atoms with Crippen LogP contribution in [-0.4, -0.2) is 30.0 Å². The van der Waals surface area contributed by atoms with Crippen molar-refractivity contribution in [3.8, 4) is 11.6 Å². The Kier molecular flexibility index (Phi) is 3.57. The lowest BCUT2D eigenvalue weighted by Crippen LogP contribution is -2.23. The van der Waals surface area contributed by atoms with Gasteiger partial charge in [0.15, 0.2) is 0 Å². The fourth-order valence-corrected chi connectivity index (χ4v) is 2.08. The summed E-state index contributed by atoms with van der Waals surface area (Å²) in [6.07, 6.45) is 3.30. The molecule has 0 unspecified atom stereocenters. The van der Waals surface area contributed by atoms with Gasteiger partial charge in [-0.25, -0.2) is 9.89 Å². The fraction of sp³-hybridized carbons (Fsp3) is 0.143. The zero-order valence-corrected chi connectivity index (χ0v) is 11.9. The van der Waals surface area contributed by atoms with Crippen molar-refractivity contribution in [3.63, 3.8) is 0 Å². The van der Waals surface area contributed by atoms with E-state index in [-0.39, 0.29) is 12.3 Å². The summed E-state index contributed by atoms with van der Waals surface area (Å²) in [6, 6.07) is 7.22. The Hall–Kier alpha value is -3.16. The van der Waals surface area contributed by atoms with Crippen LogP contribution in [0.15, 0.2) is 41.8 Å². The zero-order chi connectivity index (χ0) is 15.5. The average molecular weight is 298 g/mol. The smallest absolute Gasteiger partial charge is 0.368 e. The van der Waals surface area contributed by atoms with Crippen LogP contribution in [0.1, 0.15) is 11.1 Å². The molecular formula is C14H14N6O2. The highest BCUT2D eigenvalue weighted by molar-refractivity contribution is 5.58. The van der Waals surface area contributed by atoms with Crippen molar-refractivity contribution in [1.29, 1.82) is 0 Å². The number of ether oxygens (including phenoxy) is 1. The van der Waals surface area contributed by atoms with Crippen LogP contribution in [0, 0.1) is 0 Å². The van der Waals surface area contributed by atoms with Gasteiger partial charge in [0.25, 0.3) is 0 Å². The second-order valence-corrected chi connectivity index (χ2v) is 4.56. The van der Waals surface area contributed by atoms with Crippen molar-refractivity contribution in [2.24, 2.45) is 7.05 Å². The number of H-pyrrole nitrogens is 1. The molecule has 112 valence electrons. The first kappa shape index (κ1) is 13.8. The van der Waals surface area contributed by atoms with Crippen molar-refractivity contribution < 1.29 is 4.74 Å². The minimum Gasteiger partial charge on any atom is -0.473 e. The van der Waals surface area contributed by atoms with Crippen molar-refractivity contribution in [3.05, 3.63) is 58.7 Å². The molecule has 0 fully saturated rings. The van der Waals surface area contributed by atoms with Crippen LogP contribution in [0.25, 0.3) is 11.8 Å². The monoisotopic (exact) mass is 298 g/mol. The molecular weight excluding hydrogens is 284 g/mol. The van der Waals surface area contributed by atoms with E-state index in [0.717, 1.165) is 11.1 Å². The van der Waals surface area contributed by atoms with E-state index >= 15 is 0 Å². The average Bonchev–Trinajstić information content (AvgIpc) is 3.16. The lowest BCUT2D eigenvalue weighted by atomic mass is 10.1. The fourth-order valence-electron chi connectivity index (χ4n) is 2.08. The molecule has 2 aromatic heterocycles. The Bertz CT molecular complexity index is 847. The normalized spacial score (nSPS) is 10.6. The van der Waals surface area contributed by atoms with Crippen LogP contribution in [0.3, 0.4) is 0 Å². The maximum Gasteiger partial charge on any atom is 0.368 e. The Morgan fingerprint density at radius 2 is 2.23 bits per heavy atom. The molecule has 0 aliphatic heterocycles. The topological polar surface area (TPSA) is 90.6 Å². The van der Waals surface area contributed by atoms with E-state index in [4.69, 9.17) is 4.74 Å². The number of tetrazole rings is 1. The number of nitrogens with one attached hydrogen (secondary N) is 1. The molecule has 0 spiro atoms. The summed E-state index contributed by atoms with van der Waals surface area (Å²) in [7, 11) is 1.55. The summed E-state index contributed by atoms with van der Waals surface area (Å²) in [5.74, 6) is 0.538. The van der Waals surface area contributed by atoms with Crippen molar-refractivity contribution in [1.82, 2.24) is 30.0 Å². The van der Waals surface area contributed by atoms with Gasteiger partial charge in [-0.15, -0.1) is 0 Å². The predicted octanol–water partition coefficient (Wildman–Crippen LogP) is 0.911. The SMILES string of the molecule is C=Cc1cccc(-n2nnn(C)c2=O)c1COc1ccn[nH]1. The van der Waals surface area contributed by atoms with E-state index in [1.165, 1.54) is 9.36 Å². The molecule has 0 radical (unpaired) electrons. The molecule has 2 heterocycles. The summed E-state index contributed by atoms with van der Waals surface area (Å²) in [5.41, 5.74) is 1.92. The quantitative estimate of drug-likeness (QED) is 0.756. The molecule has 0 aliphatic rings. The van der Waals surface area contributed by atoms with Gasteiger partial charge in [-0.2, -0.15) is 14.5 Å². The van der Waals surface area contributed by atoms with Crippen LogP contribution < -0.4 is 10.4 Å². The first-order chi connectivity index (χ1) is 10.7. The summed E-state index contributed by atoms with van der Waals surface area (Å²) in [6.45, 7) is 4.03. The summed E-state index contributed by atoms with van der Waals surface area (Å²) >= 11 is 0. The lowest BCUT2D eigenvalue weighted by molar-refractivity contribution is 0.292. The van der Waals surface area contributed by atoms with Crippen LogP contribution in [0.4, 0.5) is 0 Å².